The van der Waals surface area contributed by atoms with Gasteiger partial charge < -0.3 is 11.1 Å². The van der Waals surface area contributed by atoms with Gasteiger partial charge in [0.05, 0.1) is 21.5 Å². The van der Waals surface area contributed by atoms with E-state index >= 15 is 0 Å². The van der Waals surface area contributed by atoms with Gasteiger partial charge in [0.1, 0.15) is 5.82 Å². The molecule has 0 fully saturated rings. The summed E-state index contributed by atoms with van der Waals surface area (Å²) in [6.07, 6.45) is 2.76. The predicted molar refractivity (Wildman–Crippen MR) is 130 cm³/mol. The number of pyridine rings is 1. The maximum absolute atomic E-state index is 12.7. The molecule has 0 aliphatic heterocycles. The largest absolute Gasteiger partial charge is 0.383 e. The second-order valence-electron chi connectivity index (χ2n) is 7.47. The van der Waals surface area contributed by atoms with Crippen LogP contribution in [-0.4, -0.2) is 10.8 Å². The molecule has 32 heavy (non-hydrogen) atoms. The van der Waals surface area contributed by atoms with Crippen LogP contribution in [0.25, 0.3) is 10.8 Å². The highest BCUT2D eigenvalue weighted by Gasteiger charge is 2.14. The molecule has 2 heterocycles. The molecule has 0 spiro atoms. The van der Waals surface area contributed by atoms with Gasteiger partial charge in [-0.25, -0.2) is 4.98 Å². The second-order valence-corrected chi connectivity index (χ2v) is 9.01. The molecule has 4 rings (SSSR count). The summed E-state index contributed by atoms with van der Waals surface area (Å²) < 4.78 is 0. The number of nitriles is 1. The van der Waals surface area contributed by atoms with Gasteiger partial charge in [0.25, 0.3) is 0 Å². The number of aromatic nitrogens is 1. The molecule has 0 radical (unpaired) electrons. The van der Waals surface area contributed by atoms with Crippen LogP contribution in [-0.2, 0) is 19.5 Å². The molecule has 160 valence electrons. The maximum atomic E-state index is 12.7. The van der Waals surface area contributed by atoms with Crippen molar-refractivity contribution >= 4 is 45.3 Å². The van der Waals surface area contributed by atoms with Crippen molar-refractivity contribution in [3.05, 3.63) is 92.3 Å². The van der Waals surface area contributed by atoms with Crippen LogP contribution < -0.4 is 11.1 Å². The monoisotopic (exact) mass is 460 g/mol. The third-order valence-corrected chi connectivity index (χ3v) is 6.86. The van der Waals surface area contributed by atoms with Crippen molar-refractivity contribution in [3.63, 3.8) is 0 Å². The van der Waals surface area contributed by atoms with E-state index in [0.717, 1.165) is 26.8 Å². The van der Waals surface area contributed by atoms with E-state index in [1.165, 1.54) is 11.3 Å². The van der Waals surface area contributed by atoms with Gasteiger partial charge >= 0.3 is 0 Å². The summed E-state index contributed by atoms with van der Waals surface area (Å²) in [6.45, 7) is 1.24. The highest BCUT2D eigenvalue weighted by atomic mass is 35.5. The van der Waals surface area contributed by atoms with E-state index in [-0.39, 0.29) is 5.78 Å². The number of carbonyl (C=O) groups is 1. The standard InChI is InChI=1S/C25H21ClN4OS/c26-21-12-23(32-24(21)15-29-14-18-3-1-17(13-27)2-4-18)22(31)8-6-16-5-7-20-19(11-16)9-10-30-25(20)28/h1-5,7,9-12,29H,6,8,14-15H2,(H2,28,30). The molecule has 4 aromatic rings. The number of nitrogens with one attached hydrogen (secondary N) is 1. The molecule has 5 nitrogen and oxygen atoms in total. The molecule has 3 N–H and O–H groups in total. The van der Waals surface area contributed by atoms with Crippen LogP contribution in [0.1, 0.15) is 37.7 Å². The van der Waals surface area contributed by atoms with Gasteiger partial charge in [-0.05, 0) is 47.2 Å². The van der Waals surface area contributed by atoms with Crippen molar-refractivity contribution in [2.75, 3.05) is 5.73 Å². The number of aryl methyl sites for hydroxylation is 1. The topological polar surface area (TPSA) is 91.8 Å². The minimum Gasteiger partial charge on any atom is -0.383 e. The van der Waals surface area contributed by atoms with E-state index in [1.54, 1.807) is 24.4 Å². The zero-order valence-electron chi connectivity index (χ0n) is 17.3. The van der Waals surface area contributed by atoms with Crippen LogP contribution in [0.5, 0.6) is 0 Å². The Morgan fingerprint density at radius 1 is 1.09 bits per heavy atom. The Hall–Kier alpha value is -3.24. The highest BCUT2D eigenvalue weighted by molar-refractivity contribution is 7.14. The van der Waals surface area contributed by atoms with E-state index in [2.05, 4.69) is 22.4 Å². The van der Waals surface area contributed by atoms with Gasteiger partial charge in [-0.3, -0.25) is 4.79 Å². The Labute approximate surface area is 195 Å². The number of rotatable bonds is 8. The average Bonchev–Trinajstić information content (AvgIpc) is 3.18. The molecule has 0 saturated carbocycles. The minimum absolute atomic E-state index is 0.0876. The van der Waals surface area contributed by atoms with Crippen molar-refractivity contribution in [1.29, 1.82) is 5.26 Å². The van der Waals surface area contributed by atoms with E-state index < -0.39 is 0 Å². The minimum atomic E-state index is 0.0876. The van der Waals surface area contributed by atoms with Gasteiger partial charge in [0.2, 0.25) is 0 Å². The summed E-state index contributed by atoms with van der Waals surface area (Å²) in [5.41, 5.74) is 8.72. The number of nitrogens with two attached hydrogens (primary N) is 1. The van der Waals surface area contributed by atoms with Crippen LogP contribution in [0, 0.1) is 11.3 Å². The third-order valence-electron chi connectivity index (χ3n) is 5.23. The molecular weight excluding hydrogens is 440 g/mol. The predicted octanol–water partition coefficient (Wildman–Crippen LogP) is 5.51. The van der Waals surface area contributed by atoms with E-state index in [1.807, 2.05) is 30.3 Å². The quantitative estimate of drug-likeness (QED) is 0.338. The lowest BCUT2D eigenvalue weighted by Crippen LogP contribution is -2.11. The first-order valence-electron chi connectivity index (χ1n) is 10.2. The summed E-state index contributed by atoms with van der Waals surface area (Å²) in [5.74, 6) is 0.600. The van der Waals surface area contributed by atoms with Gasteiger partial charge in [0, 0.05) is 36.0 Å². The fourth-order valence-corrected chi connectivity index (χ4v) is 4.81. The summed E-state index contributed by atoms with van der Waals surface area (Å²) in [5, 5.41) is 14.8. The lowest BCUT2D eigenvalue weighted by Gasteiger charge is -2.05. The lowest BCUT2D eigenvalue weighted by molar-refractivity contribution is 0.0986. The Balaban J connectivity index is 1.33. The van der Waals surface area contributed by atoms with Crippen molar-refractivity contribution in [2.45, 2.75) is 25.9 Å². The Bertz CT molecular complexity index is 1310. The first-order chi connectivity index (χ1) is 15.5. The smallest absolute Gasteiger partial charge is 0.173 e. The summed E-state index contributed by atoms with van der Waals surface area (Å²) >= 11 is 7.81. The molecule has 0 aliphatic carbocycles. The number of Topliss-reactive ketones (excluding diaryl/α,β-unsaturated/α-hetero) is 1. The molecule has 0 saturated heterocycles. The maximum Gasteiger partial charge on any atom is 0.173 e. The number of halogens is 1. The molecule has 2 aromatic carbocycles. The highest BCUT2D eigenvalue weighted by Crippen LogP contribution is 2.28. The zero-order valence-corrected chi connectivity index (χ0v) is 18.8. The molecule has 0 aliphatic rings. The number of hydrogen-bond acceptors (Lipinski definition) is 6. The Morgan fingerprint density at radius 3 is 2.66 bits per heavy atom. The number of anilines is 1. The number of fused-ring (bicyclic) bond motifs is 1. The molecule has 0 bridgehead atoms. The fraction of sp³-hybridized carbons (Fsp3) is 0.160. The SMILES string of the molecule is N#Cc1ccc(CNCc2sc(C(=O)CCc3ccc4c(N)nccc4c3)cc2Cl)cc1. The number of carbonyl (C=O) groups excluding carboxylic acids is 1. The number of benzene rings is 2. The number of nitrogen functional groups attached to an aromatic ring is 1. The van der Waals surface area contributed by atoms with Crippen molar-refractivity contribution in [2.24, 2.45) is 0 Å². The number of hydrogen-bond donors (Lipinski definition) is 2. The molecule has 7 heteroatoms. The Morgan fingerprint density at radius 2 is 1.88 bits per heavy atom. The molecule has 0 atom stereocenters. The summed E-state index contributed by atoms with van der Waals surface area (Å²) in [7, 11) is 0. The zero-order chi connectivity index (χ0) is 22.5. The molecule has 0 amide bonds. The van der Waals surface area contributed by atoms with Crippen LogP contribution in [0.2, 0.25) is 5.02 Å². The summed E-state index contributed by atoms with van der Waals surface area (Å²) in [4.78, 5) is 18.5. The van der Waals surface area contributed by atoms with Crippen LogP contribution >= 0.6 is 22.9 Å². The first-order valence-corrected chi connectivity index (χ1v) is 11.4. The fourth-order valence-electron chi connectivity index (χ4n) is 3.47. The van der Waals surface area contributed by atoms with Gasteiger partial charge in [0.15, 0.2) is 5.78 Å². The molecular formula is C25H21ClN4OS. The van der Waals surface area contributed by atoms with Gasteiger partial charge in [-0.2, -0.15) is 5.26 Å². The molecule has 2 aromatic heterocycles. The second kappa shape index (κ2) is 9.92. The van der Waals surface area contributed by atoms with Crippen molar-refractivity contribution < 1.29 is 4.79 Å². The summed E-state index contributed by atoms with van der Waals surface area (Å²) in [6, 6.07) is 19.3. The van der Waals surface area contributed by atoms with E-state index in [4.69, 9.17) is 22.6 Å². The molecule has 0 unspecified atom stereocenters. The van der Waals surface area contributed by atoms with Gasteiger partial charge in [-0.1, -0.05) is 41.9 Å². The van der Waals surface area contributed by atoms with Crippen LogP contribution in [0.15, 0.2) is 60.8 Å². The van der Waals surface area contributed by atoms with E-state index in [0.29, 0.717) is 47.2 Å². The number of ketones is 1. The number of nitrogens with zero attached hydrogens (tertiary/aromatic N) is 2. The number of thiophene rings is 1. The van der Waals surface area contributed by atoms with Crippen molar-refractivity contribution in [3.8, 4) is 6.07 Å². The van der Waals surface area contributed by atoms with Gasteiger partial charge in [-0.15, -0.1) is 11.3 Å². The third kappa shape index (κ3) is 5.14. The Kier molecular flexibility index (Phi) is 6.81. The van der Waals surface area contributed by atoms with E-state index in [9.17, 15) is 4.79 Å². The normalized spacial score (nSPS) is 10.9. The average molecular weight is 461 g/mol. The van der Waals surface area contributed by atoms with Crippen molar-refractivity contribution in [1.82, 2.24) is 10.3 Å². The van der Waals surface area contributed by atoms with Crippen LogP contribution in [0.3, 0.4) is 0 Å². The van der Waals surface area contributed by atoms with Crippen LogP contribution in [0.4, 0.5) is 5.82 Å². The first kappa shape index (κ1) is 22.0. The lowest BCUT2D eigenvalue weighted by atomic mass is 10.0.